The van der Waals surface area contributed by atoms with Gasteiger partial charge in [0.25, 0.3) is 0 Å². The Balaban J connectivity index is 2.10. The third kappa shape index (κ3) is 0.615. The van der Waals surface area contributed by atoms with Crippen molar-refractivity contribution in [1.29, 1.82) is 0 Å². The van der Waals surface area contributed by atoms with Crippen molar-refractivity contribution in [2.45, 2.75) is 44.7 Å². The Morgan fingerprint density at radius 3 is 2.64 bits per heavy atom. The number of hydrogen-bond acceptors (Lipinski definition) is 3. The molecule has 3 atom stereocenters. The van der Waals surface area contributed by atoms with Gasteiger partial charge >= 0.3 is 0 Å². The smallest absolute Gasteiger partial charge is 0.166 e. The second-order valence-corrected chi connectivity index (χ2v) is 5.19. The highest BCUT2D eigenvalue weighted by Crippen LogP contribution is 2.75. The normalized spacial score (nSPS) is 53.2. The average Bonchev–Trinajstić information content (AvgIpc) is 2.41. The molecule has 3 aliphatic rings. The molecule has 1 spiro atoms. The van der Waals surface area contributed by atoms with Crippen molar-refractivity contribution in [3.8, 4) is 0 Å². The molecule has 1 saturated heterocycles. The van der Waals surface area contributed by atoms with Crippen molar-refractivity contribution in [3.63, 3.8) is 0 Å². The molecule has 1 aliphatic heterocycles. The third-order valence-corrected chi connectivity index (χ3v) is 3.87. The monoisotopic (exact) mass is 194 g/mol. The van der Waals surface area contributed by atoms with Crippen molar-refractivity contribution in [1.82, 2.24) is 0 Å². The second-order valence-electron chi connectivity index (χ2n) is 5.19. The van der Waals surface area contributed by atoms with Crippen LogP contribution in [-0.4, -0.2) is 23.3 Å². The van der Waals surface area contributed by atoms with Gasteiger partial charge in [0, 0.05) is 11.8 Å². The molecule has 0 bridgehead atoms. The Bertz CT molecular complexity index is 371. The van der Waals surface area contributed by atoms with E-state index in [0.717, 1.165) is 5.57 Å². The fourth-order valence-corrected chi connectivity index (χ4v) is 3.09. The van der Waals surface area contributed by atoms with Crippen LogP contribution in [0.3, 0.4) is 0 Å². The van der Waals surface area contributed by atoms with Crippen LogP contribution in [0.15, 0.2) is 12.2 Å². The van der Waals surface area contributed by atoms with E-state index in [4.69, 9.17) is 9.47 Å². The van der Waals surface area contributed by atoms with Gasteiger partial charge in [-0.3, -0.25) is 4.79 Å². The van der Waals surface area contributed by atoms with Gasteiger partial charge in [-0.1, -0.05) is 13.5 Å². The highest BCUT2D eigenvalue weighted by molar-refractivity contribution is 5.95. The van der Waals surface area contributed by atoms with E-state index in [1.54, 1.807) is 0 Å². The molecule has 0 unspecified atom stereocenters. The first kappa shape index (κ1) is 8.62. The molecule has 1 heterocycles. The van der Waals surface area contributed by atoms with Gasteiger partial charge in [-0.2, -0.15) is 0 Å². The summed E-state index contributed by atoms with van der Waals surface area (Å²) in [6.07, 6.45) is 0.113. The van der Waals surface area contributed by atoms with Crippen LogP contribution in [-0.2, 0) is 14.3 Å². The van der Waals surface area contributed by atoms with Gasteiger partial charge < -0.3 is 9.47 Å². The van der Waals surface area contributed by atoms with E-state index in [-0.39, 0.29) is 11.2 Å². The summed E-state index contributed by atoms with van der Waals surface area (Å²) in [7, 11) is 0. The summed E-state index contributed by atoms with van der Waals surface area (Å²) in [5.74, 6) is -0.493. The molecule has 0 aromatic carbocycles. The van der Waals surface area contributed by atoms with Crippen LogP contribution in [0.25, 0.3) is 0 Å². The molecule has 0 aromatic heterocycles. The minimum Gasteiger partial charge on any atom is -0.336 e. The molecule has 3 fully saturated rings. The predicted octanol–water partition coefficient (Wildman–Crippen LogP) is 1.43. The summed E-state index contributed by atoms with van der Waals surface area (Å²) in [6.45, 7) is 9.73. The highest BCUT2D eigenvalue weighted by Gasteiger charge is 2.84. The maximum absolute atomic E-state index is 11.7. The molecule has 76 valence electrons. The Hall–Kier alpha value is -0.670. The number of carbonyl (C=O) groups is 1. The lowest BCUT2D eigenvalue weighted by Gasteiger charge is -2.18. The minimum atomic E-state index is -0.651. The second kappa shape index (κ2) is 1.84. The molecular formula is C11H14O3. The number of hydrogen-bond donors (Lipinski definition) is 0. The Morgan fingerprint density at radius 2 is 2.07 bits per heavy atom. The van der Waals surface area contributed by atoms with E-state index in [2.05, 4.69) is 6.58 Å². The first-order valence-electron chi connectivity index (χ1n) is 4.94. The predicted molar refractivity (Wildman–Crippen MR) is 49.6 cm³/mol. The van der Waals surface area contributed by atoms with E-state index in [1.165, 1.54) is 0 Å². The number of rotatable bonds is 0. The summed E-state index contributed by atoms with van der Waals surface area (Å²) >= 11 is 0. The fourth-order valence-electron chi connectivity index (χ4n) is 3.09. The first-order chi connectivity index (χ1) is 6.33. The third-order valence-electron chi connectivity index (χ3n) is 3.87. The standard InChI is InChI=1S/C11H14O3/c1-6-10(4)5-7(12)8-11(6,10)14-9(2,3)13-8/h8H,1,5H2,2-4H3/t8-,10+,11-/m0/s1. The van der Waals surface area contributed by atoms with Gasteiger partial charge in [-0.25, -0.2) is 0 Å². The molecule has 0 aromatic rings. The molecule has 0 radical (unpaired) electrons. The molecule has 0 N–H and O–H groups in total. The largest absolute Gasteiger partial charge is 0.336 e. The molecule has 2 aliphatic carbocycles. The molecular weight excluding hydrogens is 180 g/mol. The molecule has 14 heavy (non-hydrogen) atoms. The topological polar surface area (TPSA) is 35.5 Å². The van der Waals surface area contributed by atoms with Gasteiger partial charge in [0.1, 0.15) is 5.60 Å². The minimum absolute atomic E-state index is 0.158. The van der Waals surface area contributed by atoms with Crippen LogP contribution in [0.2, 0.25) is 0 Å². The zero-order valence-corrected chi connectivity index (χ0v) is 8.72. The van der Waals surface area contributed by atoms with Crippen molar-refractivity contribution in [2.24, 2.45) is 5.41 Å². The Morgan fingerprint density at radius 1 is 1.43 bits per heavy atom. The number of Topliss-reactive ketones (excluding diaryl/α,β-unsaturated/α-hetero) is 1. The van der Waals surface area contributed by atoms with Gasteiger partial charge in [0.15, 0.2) is 17.7 Å². The summed E-state index contributed by atoms with van der Waals surface area (Å²) in [4.78, 5) is 11.7. The van der Waals surface area contributed by atoms with Gasteiger partial charge in [-0.15, -0.1) is 0 Å². The summed E-state index contributed by atoms with van der Waals surface area (Å²) in [6, 6.07) is 0. The van der Waals surface area contributed by atoms with Gasteiger partial charge in [0.2, 0.25) is 0 Å². The molecule has 2 saturated carbocycles. The molecule has 3 nitrogen and oxygen atoms in total. The lowest BCUT2D eigenvalue weighted by molar-refractivity contribution is -0.163. The number of carbonyl (C=O) groups excluding carboxylic acids is 1. The van der Waals surface area contributed by atoms with Crippen LogP contribution in [0, 0.1) is 5.41 Å². The zero-order chi connectivity index (χ0) is 10.4. The van der Waals surface area contributed by atoms with E-state index in [9.17, 15) is 4.79 Å². The maximum atomic E-state index is 11.7. The zero-order valence-electron chi connectivity index (χ0n) is 8.72. The average molecular weight is 194 g/mol. The van der Waals surface area contributed by atoms with Gasteiger partial charge in [0.05, 0.1) is 0 Å². The molecule has 3 heteroatoms. The molecule has 0 amide bonds. The Labute approximate surface area is 83.1 Å². The van der Waals surface area contributed by atoms with E-state index in [1.807, 2.05) is 20.8 Å². The Kier molecular flexibility index (Phi) is 1.13. The van der Waals surface area contributed by atoms with Crippen molar-refractivity contribution < 1.29 is 14.3 Å². The van der Waals surface area contributed by atoms with E-state index in [0.29, 0.717) is 6.42 Å². The number of ether oxygens (including phenoxy) is 2. The van der Waals surface area contributed by atoms with Crippen LogP contribution >= 0.6 is 0 Å². The van der Waals surface area contributed by atoms with Gasteiger partial charge in [-0.05, 0) is 19.4 Å². The van der Waals surface area contributed by atoms with Crippen LogP contribution < -0.4 is 0 Å². The van der Waals surface area contributed by atoms with Crippen LogP contribution in [0.1, 0.15) is 27.2 Å². The number of ketones is 1. The maximum Gasteiger partial charge on any atom is 0.166 e. The quantitative estimate of drug-likeness (QED) is 0.547. The van der Waals surface area contributed by atoms with Crippen LogP contribution in [0.4, 0.5) is 0 Å². The first-order valence-corrected chi connectivity index (χ1v) is 4.94. The molecule has 3 rings (SSSR count). The SMILES string of the molecule is C=C1[C@@]2(C)CC(=O)[C@@H]3OC(C)(C)O[C@@]132. The van der Waals surface area contributed by atoms with Crippen molar-refractivity contribution in [3.05, 3.63) is 12.2 Å². The fraction of sp³-hybridized carbons (Fsp3) is 0.727. The summed E-state index contributed by atoms with van der Waals surface area (Å²) in [5.41, 5.74) is 0.371. The lowest BCUT2D eigenvalue weighted by atomic mass is 10.1. The lowest BCUT2D eigenvalue weighted by Crippen LogP contribution is -2.28. The van der Waals surface area contributed by atoms with Crippen LogP contribution in [0.5, 0.6) is 0 Å². The van der Waals surface area contributed by atoms with Crippen molar-refractivity contribution in [2.75, 3.05) is 0 Å². The van der Waals surface area contributed by atoms with Crippen molar-refractivity contribution >= 4 is 5.78 Å². The summed E-state index contributed by atoms with van der Waals surface area (Å²) in [5, 5.41) is 0. The highest BCUT2D eigenvalue weighted by atomic mass is 16.8. The van der Waals surface area contributed by atoms with E-state index >= 15 is 0 Å². The summed E-state index contributed by atoms with van der Waals surface area (Å²) < 4.78 is 11.5. The van der Waals surface area contributed by atoms with E-state index < -0.39 is 17.5 Å².